The van der Waals surface area contributed by atoms with Gasteiger partial charge in [-0.2, -0.15) is 0 Å². The molecule has 122 valence electrons. The molecule has 3 rings (SSSR count). The van der Waals surface area contributed by atoms with Crippen LogP contribution in [0.4, 0.5) is 5.69 Å². The van der Waals surface area contributed by atoms with Crippen molar-refractivity contribution in [2.75, 3.05) is 25.0 Å². The molecule has 0 unspecified atom stereocenters. The number of nitrogens with zero attached hydrogens (tertiary/aromatic N) is 3. The van der Waals surface area contributed by atoms with Crippen molar-refractivity contribution in [3.63, 3.8) is 0 Å². The van der Waals surface area contributed by atoms with Gasteiger partial charge in [0.1, 0.15) is 0 Å². The zero-order chi connectivity index (χ0) is 15.9. The lowest BCUT2D eigenvalue weighted by atomic mass is 10.1. The number of hydrogen-bond donors (Lipinski definition) is 1. The van der Waals surface area contributed by atoms with Crippen LogP contribution in [0.15, 0.2) is 41.5 Å². The Bertz CT molecular complexity index is 629. The minimum atomic E-state index is 0.776. The lowest BCUT2D eigenvalue weighted by Gasteiger charge is -2.30. The second-order valence-corrected chi connectivity index (χ2v) is 7.18. The summed E-state index contributed by atoms with van der Waals surface area (Å²) in [5.41, 5.74) is 1.10. The molecule has 2 aromatic rings. The summed E-state index contributed by atoms with van der Waals surface area (Å²) < 4.78 is 0. The van der Waals surface area contributed by atoms with Crippen molar-refractivity contribution < 1.29 is 0 Å². The van der Waals surface area contributed by atoms with Crippen molar-refractivity contribution in [1.29, 1.82) is 0 Å². The number of piperidine rings is 1. The van der Waals surface area contributed by atoms with Crippen LogP contribution >= 0.6 is 11.3 Å². The molecule has 2 heterocycles. The van der Waals surface area contributed by atoms with Crippen molar-refractivity contribution in [2.45, 2.75) is 32.6 Å². The number of rotatable bonds is 4. The number of aliphatic imine (C=N–C) groups is 1. The normalized spacial score (nSPS) is 15.7. The van der Waals surface area contributed by atoms with Crippen LogP contribution in [0.25, 0.3) is 0 Å². The minimum Gasteiger partial charge on any atom is -0.343 e. The number of nitrogens with one attached hydrogen (secondary N) is 1. The topological polar surface area (TPSA) is 40.5 Å². The Morgan fingerprint density at radius 2 is 2.00 bits per heavy atom. The molecule has 1 saturated heterocycles. The van der Waals surface area contributed by atoms with Gasteiger partial charge >= 0.3 is 0 Å². The zero-order valence-corrected chi connectivity index (χ0v) is 14.5. The number of benzene rings is 1. The predicted octanol–water partition coefficient (Wildman–Crippen LogP) is 3.95. The Morgan fingerprint density at radius 1 is 1.22 bits per heavy atom. The van der Waals surface area contributed by atoms with Gasteiger partial charge in [-0.05, 0) is 38.3 Å². The number of guanidine groups is 1. The molecule has 5 heteroatoms. The van der Waals surface area contributed by atoms with E-state index in [1.807, 2.05) is 12.3 Å². The van der Waals surface area contributed by atoms with E-state index < -0.39 is 0 Å². The van der Waals surface area contributed by atoms with Gasteiger partial charge in [0.15, 0.2) is 5.96 Å². The average Bonchev–Trinajstić information content (AvgIpc) is 3.01. The van der Waals surface area contributed by atoms with Crippen molar-refractivity contribution in [1.82, 2.24) is 9.88 Å². The van der Waals surface area contributed by atoms with E-state index in [0.717, 1.165) is 37.7 Å². The van der Waals surface area contributed by atoms with E-state index in [1.165, 1.54) is 29.1 Å². The number of aromatic nitrogens is 1. The summed E-state index contributed by atoms with van der Waals surface area (Å²) in [6.07, 6.45) is 6.68. The molecule has 0 aliphatic carbocycles. The molecule has 1 fully saturated rings. The second-order valence-electron chi connectivity index (χ2n) is 5.86. The smallest absolute Gasteiger partial charge is 0.198 e. The Morgan fingerprint density at radius 3 is 2.70 bits per heavy atom. The van der Waals surface area contributed by atoms with Crippen LogP contribution in [0.2, 0.25) is 0 Å². The van der Waals surface area contributed by atoms with Crippen molar-refractivity contribution >= 4 is 23.0 Å². The molecule has 0 radical (unpaired) electrons. The van der Waals surface area contributed by atoms with Gasteiger partial charge in [0.05, 0.1) is 5.01 Å². The summed E-state index contributed by atoms with van der Waals surface area (Å²) in [6, 6.07) is 10.3. The van der Waals surface area contributed by atoms with Crippen LogP contribution in [0, 0.1) is 6.92 Å². The molecule has 1 aliphatic rings. The molecule has 0 bridgehead atoms. The number of likely N-dealkylation sites (tertiary alicyclic amines) is 1. The van der Waals surface area contributed by atoms with Gasteiger partial charge in [-0.1, -0.05) is 18.2 Å². The molecular weight excluding hydrogens is 304 g/mol. The third-order valence-electron chi connectivity index (χ3n) is 3.94. The quantitative estimate of drug-likeness (QED) is 0.682. The molecule has 23 heavy (non-hydrogen) atoms. The lowest BCUT2D eigenvalue weighted by molar-refractivity contribution is 0.340. The average molecular weight is 328 g/mol. The SMILES string of the molecule is Cc1cnc(CCN=C(Nc2ccccc2)N2CCCCC2)s1. The maximum atomic E-state index is 4.85. The summed E-state index contributed by atoms with van der Waals surface area (Å²) in [4.78, 5) is 12.9. The molecule has 0 atom stereocenters. The molecule has 0 spiro atoms. The molecule has 0 saturated carbocycles. The first kappa shape index (κ1) is 16.0. The Labute approximate surface area is 142 Å². The Balaban J connectivity index is 1.67. The van der Waals surface area contributed by atoms with E-state index in [2.05, 4.69) is 46.4 Å². The number of aryl methyl sites for hydroxylation is 1. The first-order valence-electron chi connectivity index (χ1n) is 8.34. The van der Waals surface area contributed by atoms with Crippen molar-refractivity contribution in [3.8, 4) is 0 Å². The standard InChI is InChI=1S/C18H24N4S/c1-15-14-20-17(23-15)10-11-19-18(22-12-6-3-7-13-22)21-16-8-4-2-5-9-16/h2,4-5,8-9,14H,3,6-7,10-13H2,1H3,(H,19,21). The summed E-state index contributed by atoms with van der Waals surface area (Å²) in [6.45, 7) is 5.06. The fraction of sp³-hybridized carbons (Fsp3) is 0.444. The summed E-state index contributed by atoms with van der Waals surface area (Å²) in [5, 5.41) is 4.67. The molecule has 4 nitrogen and oxygen atoms in total. The van der Waals surface area contributed by atoms with E-state index in [-0.39, 0.29) is 0 Å². The van der Waals surface area contributed by atoms with Crippen molar-refractivity contribution in [3.05, 3.63) is 46.4 Å². The van der Waals surface area contributed by atoms with Gasteiger partial charge < -0.3 is 10.2 Å². The van der Waals surface area contributed by atoms with Crippen molar-refractivity contribution in [2.24, 2.45) is 4.99 Å². The van der Waals surface area contributed by atoms with Gasteiger partial charge in [-0.25, -0.2) is 4.98 Å². The Hall–Kier alpha value is -1.88. The van der Waals surface area contributed by atoms with E-state index in [4.69, 9.17) is 4.99 Å². The summed E-state index contributed by atoms with van der Waals surface area (Å²) >= 11 is 1.76. The highest BCUT2D eigenvalue weighted by Gasteiger charge is 2.15. The second kappa shape index (κ2) is 8.11. The van der Waals surface area contributed by atoms with Gasteiger partial charge in [-0.3, -0.25) is 4.99 Å². The first-order chi connectivity index (χ1) is 11.3. The predicted molar refractivity (Wildman–Crippen MR) is 98.3 cm³/mol. The third kappa shape index (κ3) is 4.79. The van der Waals surface area contributed by atoms with Gasteiger partial charge in [0.2, 0.25) is 0 Å². The van der Waals surface area contributed by atoms with Crippen LogP contribution in [0.3, 0.4) is 0 Å². The highest BCUT2D eigenvalue weighted by Crippen LogP contribution is 2.14. The number of para-hydroxylation sites is 1. The molecule has 1 aromatic carbocycles. The number of hydrogen-bond acceptors (Lipinski definition) is 3. The molecule has 0 amide bonds. The fourth-order valence-corrected chi connectivity index (χ4v) is 3.53. The Kier molecular flexibility index (Phi) is 5.64. The minimum absolute atomic E-state index is 0.776. The molecule has 1 N–H and O–H groups in total. The maximum Gasteiger partial charge on any atom is 0.198 e. The van der Waals surface area contributed by atoms with Crippen LogP contribution in [-0.4, -0.2) is 35.5 Å². The molecule has 1 aromatic heterocycles. The van der Waals surface area contributed by atoms with Crippen LogP contribution < -0.4 is 5.32 Å². The van der Waals surface area contributed by atoms with Gasteiger partial charge in [0.25, 0.3) is 0 Å². The summed E-state index contributed by atoms with van der Waals surface area (Å²) in [7, 11) is 0. The van der Waals surface area contributed by atoms with E-state index in [9.17, 15) is 0 Å². The monoisotopic (exact) mass is 328 g/mol. The third-order valence-corrected chi connectivity index (χ3v) is 4.91. The van der Waals surface area contributed by atoms with Crippen LogP contribution in [0.1, 0.15) is 29.1 Å². The fourth-order valence-electron chi connectivity index (χ4n) is 2.75. The maximum absolute atomic E-state index is 4.85. The largest absolute Gasteiger partial charge is 0.343 e. The van der Waals surface area contributed by atoms with E-state index in [1.54, 1.807) is 11.3 Å². The summed E-state index contributed by atoms with van der Waals surface area (Å²) in [5.74, 6) is 1.00. The number of thiazole rings is 1. The van der Waals surface area contributed by atoms with E-state index in [0.29, 0.717) is 0 Å². The van der Waals surface area contributed by atoms with E-state index >= 15 is 0 Å². The van der Waals surface area contributed by atoms with Crippen LogP contribution in [-0.2, 0) is 6.42 Å². The molecule has 1 aliphatic heterocycles. The van der Waals surface area contributed by atoms with Crippen LogP contribution in [0.5, 0.6) is 0 Å². The van der Waals surface area contributed by atoms with Gasteiger partial charge in [-0.15, -0.1) is 11.3 Å². The van der Waals surface area contributed by atoms with Gasteiger partial charge in [0, 0.05) is 42.8 Å². The number of anilines is 1. The first-order valence-corrected chi connectivity index (χ1v) is 9.16. The highest BCUT2D eigenvalue weighted by molar-refractivity contribution is 7.11. The zero-order valence-electron chi connectivity index (χ0n) is 13.7. The molecular formula is C18H24N4S. The lowest BCUT2D eigenvalue weighted by Crippen LogP contribution is -2.40. The highest BCUT2D eigenvalue weighted by atomic mass is 32.1.